The average Bonchev–Trinajstić information content (AvgIpc) is 3.82. The summed E-state index contributed by atoms with van der Waals surface area (Å²) in [5.74, 6) is 0.926. The number of nitrogens with zero attached hydrogens (tertiary/aromatic N) is 2. The fourth-order valence-electron chi connectivity index (χ4n) is 10.8. The van der Waals surface area contributed by atoms with Crippen LogP contribution in [0.1, 0.15) is 128 Å². The van der Waals surface area contributed by atoms with Gasteiger partial charge in [0.25, 0.3) is 6.71 Å². The van der Waals surface area contributed by atoms with Gasteiger partial charge < -0.3 is 9.32 Å². The van der Waals surface area contributed by atoms with Gasteiger partial charge in [0.05, 0.1) is 11.4 Å². The Kier molecular flexibility index (Phi) is 9.67. The molecule has 4 heterocycles. The third kappa shape index (κ3) is 6.90. The number of hydrogen-bond acceptors (Lipinski definition) is 4. The molecule has 0 N–H and O–H groups in total. The number of thiophene rings is 1. The lowest BCUT2D eigenvalue weighted by Gasteiger charge is -2.45. The van der Waals surface area contributed by atoms with Crippen molar-refractivity contribution in [2.75, 3.05) is 9.80 Å². The molecule has 0 amide bonds. The highest BCUT2D eigenvalue weighted by atomic mass is 32.1. The molecule has 0 saturated carbocycles. The molecule has 0 bridgehead atoms. The third-order valence-electron chi connectivity index (χ3n) is 14.4. The molecule has 0 spiro atoms. The molecule has 2 aliphatic heterocycles. The van der Waals surface area contributed by atoms with E-state index in [1.54, 1.807) is 0 Å². The number of anilines is 6. The van der Waals surface area contributed by atoms with Gasteiger partial charge in [-0.3, -0.25) is 4.90 Å². The van der Waals surface area contributed by atoms with Gasteiger partial charge >= 0.3 is 0 Å². The second kappa shape index (κ2) is 14.5. The van der Waals surface area contributed by atoms with Crippen molar-refractivity contribution < 1.29 is 4.42 Å². The largest absolute Gasteiger partial charge is 0.440 e. The van der Waals surface area contributed by atoms with Crippen LogP contribution < -0.4 is 26.2 Å². The molecule has 6 aromatic carbocycles. The minimum absolute atomic E-state index is 0.0109. The number of furan rings is 1. The summed E-state index contributed by atoms with van der Waals surface area (Å²) in [6.07, 6.45) is 0. The maximum atomic E-state index is 7.37. The fraction of sp³-hybridized carbons (Fsp3) is 0.333. The molecule has 0 atom stereocenters. The van der Waals surface area contributed by atoms with Crippen molar-refractivity contribution >= 4 is 89.8 Å². The first-order valence-electron chi connectivity index (χ1n) is 23.6. The molecule has 0 unspecified atom stereocenters. The predicted molar refractivity (Wildman–Crippen MR) is 285 cm³/mol. The van der Waals surface area contributed by atoms with Crippen LogP contribution in [0.5, 0.6) is 0 Å². The first kappa shape index (κ1) is 43.4. The van der Waals surface area contributed by atoms with E-state index >= 15 is 0 Å². The van der Waals surface area contributed by atoms with E-state index in [2.05, 4.69) is 223 Å². The number of benzene rings is 6. The number of aryl methyl sites for hydroxylation is 4. The van der Waals surface area contributed by atoms with Gasteiger partial charge in [-0.2, -0.15) is 0 Å². The smallest absolute Gasteiger partial charge is 0.257 e. The Morgan fingerprint density at radius 3 is 1.62 bits per heavy atom. The highest BCUT2D eigenvalue weighted by Gasteiger charge is 2.48. The van der Waals surface area contributed by atoms with Gasteiger partial charge in [-0.15, -0.1) is 11.3 Å². The molecule has 65 heavy (non-hydrogen) atoms. The van der Waals surface area contributed by atoms with Crippen LogP contribution >= 0.6 is 11.3 Å². The Morgan fingerprint density at radius 2 is 1.00 bits per heavy atom. The first-order chi connectivity index (χ1) is 30.4. The first-order valence-corrected chi connectivity index (χ1v) is 24.5. The third-order valence-corrected chi connectivity index (χ3v) is 15.3. The molecule has 5 heteroatoms. The van der Waals surface area contributed by atoms with Crippen molar-refractivity contribution in [3.63, 3.8) is 0 Å². The van der Waals surface area contributed by atoms with Crippen LogP contribution in [0, 0.1) is 27.7 Å². The maximum absolute atomic E-state index is 7.37. The highest BCUT2D eigenvalue weighted by molar-refractivity contribution is 7.17. The SMILES string of the molecule is Cc1cc(-c2csc3ccccc23)cc(C)c1N1c2ccc(C(C)(C)C)cc2B2c3c1cc(C(C)(C)C)cc3N(c1c(C)cc(C(C)(C)C)cc1C)c1oc3ccc(C(C)(C)C)cc3c12. The number of hydrogen-bond donors (Lipinski definition) is 0. The lowest BCUT2D eigenvalue weighted by molar-refractivity contribution is 0.587. The van der Waals surface area contributed by atoms with Crippen LogP contribution in [0.2, 0.25) is 0 Å². The second-order valence-corrected chi connectivity index (χ2v) is 24.3. The quantitative estimate of drug-likeness (QED) is 0.165. The minimum Gasteiger partial charge on any atom is -0.440 e. The molecule has 0 aliphatic carbocycles. The monoisotopic (exact) mass is 872 g/mol. The van der Waals surface area contributed by atoms with Gasteiger partial charge in [-0.05, 0) is 164 Å². The molecular formula is C60H65BN2OS. The summed E-state index contributed by atoms with van der Waals surface area (Å²) >= 11 is 1.83. The van der Waals surface area contributed by atoms with E-state index in [4.69, 9.17) is 4.42 Å². The van der Waals surface area contributed by atoms with E-state index in [-0.39, 0.29) is 28.4 Å². The summed E-state index contributed by atoms with van der Waals surface area (Å²) in [5, 5.41) is 4.85. The van der Waals surface area contributed by atoms with E-state index < -0.39 is 0 Å². The van der Waals surface area contributed by atoms with E-state index in [1.807, 2.05) is 11.3 Å². The summed E-state index contributed by atoms with van der Waals surface area (Å²) in [4.78, 5) is 5.16. The normalized spacial score (nSPS) is 14.1. The lowest BCUT2D eigenvalue weighted by atomic mass is 9.33. The van der Waals surface area contributed by atoms with Crippen molar-refractivity contribution in [3.8, 4) is 11.1 Å². The van der Waals surface area contributed by atoms with Gasteiger partial charge in [0.1, 0.15) is 5.58 Å². The molecule has 2 aliphatic rings. The average molecular weight is 873 g/mol. The Bertz CT molecular complexity index is 3210. The van der Waals surface area contributed by atoms with Crippen molar-refractivity contribution in [3.05, 3.63) is 147 Å². The summed E-state index contributed by atoms with van der Waals surface area (Å²) in [7, 11) is 0. The molecule has 2 aromatic heterocycles. The van der Waals surface area contributed by atoms with E-state index in [1.165, 1.54) is 116 Å². The van der Waals surface area contributed by atoms with Gasteiger partial charge in [0, 0.05) is 43.6 Å². The van der Waals surface area contributed by atoms with Crippen LogP contribution in [0.25, 0.3) is 32.2 Å². The van der Waals surface area contributed by atoms with Crippen LogP contribution in [0.3, 0.4) is 0 Å². The zero-order valence-electron chi connectivity index (χ0n) is 41.6. The highest BCUT2D eigenvalue weighted by Crippen LogP contribution is 2.51. The van der Waals surface area contributed by atoms with Crippen LogP contribution in [-0.4, -0.2) is 6.71 Å². The minimum atomic E-state index is -0.140. The van der Waals surface area contributed by atoms with Crippen molar-refractivity contribution in [2.24, 2.45) is 0 Å². The van der Waals surface area contributed by atoms with Gasteiger partial charge in [0.2, 0.25) is 5.88 Å². The molecule has 0 saturated heterocycles. The number of fused-ring (bicyclic) bond motifs is 7. The second-order valence-electron chi connectivity index (χ2n) is 23.4. The summed E-state index contributed by atoms with van der Waals surface area (Å²) in [6.45, 7) is 37.2. The fourth-order valence-corrected chi connectivity index (χ4v) is 11.7. The molecular weight excluding hydrogens is 808 g/mol. The maximum Gasteiger partial charge on any atom is 0.257 e. The molecule has 3 nitrogen and oxygen atoms in total. The predicted octanol–water partition coefficient (Wildman–Crippen LogP) is 15.8. The lowest BCUT2D eigenvalue weighted by Crippen LogP contribution is -2.61. The Morgan fingerprint density at radius 1 is 0.477 bits per heavy atom. The number of rotatable bonds is 3. The standard InChI is InChI=1S/C60H65BN2OS/c1-34-25-38(45-33-65-51-20-18-17-19-43(45)51)26-35(2)54(34)62-47-23-21-40(58(8,9)10)30-46(47)61-52-44-29-39(57(5,6)7)22-24-50(44)64-56(52)63(49-32-42(60(14,15)16)31-48(62)53(49)61)55-36(3)27-41(28-37(55)4)59(11,12)13/h17-33H,1-16H3. The van der Waals surface area contributed by atoms with Crippen LogP contribution in [-0.2, 0) is 21.7 Å². The molecule has 330 valence electrons. The van der Waals surface area contributed by atoms with Crippen molar-refractivity contribution in [2.45, 2.75) is 132 Å². The molecule has 0 fully saturated rings. The van der Waals surface area contributed by atoms with Crippen molar-refractivity contribution in [1.82, 2.24) is 0 Å². The zero-order valence-corrected chi connectivity index (χ0v) is 42.4. The van der Waals surface area contributed by atoms with Crippen LogP contribution in [0.4, 0.5) is 34.3 Å². The van der Waals surface area contributed by atoms with Crippen LogP contribution in [0.15, 0.2) is 107 Å². The molecule has 10 rings (SSSR count). The zero-order chi connectivity index (χ0) is 46.4. The summed E-state index contributed by atoms with van der Waals surface area (Å²) < 4.78 is 8.69. The Balaban J connectivity index is 1.35. The topological polar surface area (TPSA) is 19.6 Å². The van der Waals surface area contributed by atoms with Gasteiger partial charge in [-0.1, -0.05) is 132 Å². The molecule has 0 radical (unpaired) electrons. The Labute approximate surface area is 392 Å². The van der Waals surface area contributed by atoms with E-state index in [0.29, 0.717) is 0 Å². The Hall–Kier alpha value is -5.52. The van der Waals surface area contributed by atoms with E-state index in [0.717, 1.165) is 11.5 Å². The summed E-state index contributed by atoms with van der Waals surface area (Å²) in [6, 6.07) is 37.8. The summed E-state index contributed by atoms with van der Waals surface area (Å²) in [5.41, 5.74) is 23.6. The van der Waals surface area contributed by atoms with Gasteiger partial charge in [-0.25, -0.2) is 0 Å². The molecule has 8 aromatic rings. The van der Waals surface area contributed by atoms with Crippen molar-refractivity contribution in [1.29, 1.82) is 0 Å². The van der Waals surface area contributed by atoms with Gasteiger partial charge in [0.15, 0.2) is 0 Å². The van der Waals surface area contributed by atoms with E-state index in [9.17, 15) is 0 Å².